The van der Waals surface area contributed by atoms with Gasteiger partial charge in [-0.15, -0.1) is 0 Å². The molecule has 18 nitrogen and oxygen atoms in total. The first-order chi connectivity index (χ1) is 23.7. The average Bonchev–Trinajstić information content (AvgIpc) is 3.09. The average molecular weight is 707 g/mol. The van der Waals surface area contributed by atoms with Crippen LogP contribution in [0.25, 0.3) is 12.2 Å². The molecule has 50 heavy (non-hydrogen) atoms. The molecule has 0 saturated carbocycles. The van der Waals surface area contributed by atoms with E-state index < -0.39 is 109 Å². The van der Waals surface area contributed by atoms with Gasteiger partial charge in [-0.05, 0) is 47.5 Å². The number of phenolic OH excluding ortho intramolecular Hbond substituents is 3. The van der Waals surface area contributed by atoms with Crippen LogP contribution >= 0.6 is 0 Å². The number of aromatic hydroxyl groups is 3. The highest BCUT2D eigenvalue weighted by Crippen LogP contribution is 2.32. The van der Waals surface area contributed by atoms with E-state index in [9.17, 15) is 65.4 Å². The van der Waals surface area contributed by atoms with E-state index in [-0.39, 0.29) is 16.9 Å². The van der Waals surface area contributed by atoms with E-state index in [2.05, 4.69) is 0 Å². The smallest absolute Gasteiger partial charge is 0.370 e. The fraction of sp³-hybridized carbons (Fsp3) is 0.344. The SMILES string of the molecule is O=C(C=Cc1ccc(O)c(O)c1)O[C@H]1[C@@H]([C@H](O)CO)OC(C(=O)O)=C[C@H]1OC(=O)C=Cc1ccc(O[C@@H]2O[C@H](CO)[C@@H](O)[C@H](O)[C@H]2O)c(O)c1. The number of esters is 2. The van der Waals surface area contributed by atoms with Gasteiger partial charge in [-0.25, -0.2) is 14.4 Å². The van der Waals surface area contributed by atoms with Gasteiger partial charge in [0.15, 0.2) is 41.3 Å². The predicted molar refractivity (Wildman–Crippen MR) is 164 cm³/mol. The molecule has 4 rings (SSSR count). The molecule has 0 amide bonds. The van der Waals surface area contributed by atoms with Gasteiger partial charge in [-0.3, -0.25) is 0 Å². The van der Waals surface area contributed by atoms with Gasteiger partial charge in [0.2, 0.25) is 12.0 Å². The summed E-state index contributed by atoms with van der Waals surface area (Å²) in [5.41, 5.74) is 0.459. The molecule has 0 aromatic heterocycles. The van der Waals surface area contributed by atoms with Gasteiger partial charge < -0.3 is 74.7 Å². The molecule has 9 atom stereocenters. The summed E-state index contributed by atoms with van der Waals surface area (Å²) in [4.78, 5) is 37.3. The number of carbonyl (C=O) groups excluding carboxylic acids is 2. The van der Waals surface area contributed by atoms with Gasteiger partial charge >= 0.3 is 17.9 Å². The maximum absolute atomic E-state index is 12.8. The Bertz CT molecular complexity index is 1630. The van der Waals surface area contributed by atoms with Crippen molar-refractivity contribution in [2.24, 2.45) is 0 Å². The zero-order valence-electron chi connectivity index (χ0n) is 25.7. The van der Waals surface area contributed by atoms with Crippen LogP contribution in [0.2, 0.25) is 0 Å². The minimum atomic E-state index is -1.81. The Labute approximate surface area is 282 Å². The summed E-state index contributed by atoms with van der Waals surface area (Å²) in [5.74, 6) is -6.25. The molecule has 2 aromatic carbocycles. The van der Waals surface area contributed by atoms with Crippen molar-refractivity contribution >= 4 is 30.1 Å². The van der Waals surface area contributed by atoms with Crippen molar-refractivity contribution in [2.45, 2.75) is 55.1 Å². The fourth-order valence-electron chi connectivity index (χ4n) is 4.79. The van der Waals surface area contributed by atoms with Crippen LogP contribution in [-0.2, 0) is 33.3 Å². The van der Waals surface area contributed by atoms with Gasteiger partial charge in [-0.2, -0.15) is 0 Å². The molecule has 0 spiro atoms. The van der Waals surface area contributed by atoms with Crippen molar-refractivity contribution in [1.82, 2.24) is 0 Å². The third-order valence-electron chi connectivity index (χ3n) is 7.41. The van der Waals surface area contributed by atoms with E-state index >= 15 is 0 Å². The van der Waals surface area contributed by atoms with E-state index in [1.54, 1.807) is 0 Å². The number of hydrogen-bond acceptors (Lipinski definition) is 17. The van der Waals surface area contributed by atoms with E-state index in [0.29, 0.717) is 0 Å². The van der Waals surface area contributed by atoms with Crippen LogP contribution in [-0.4, -0.2) is 137 Å². The minimum absolute atomic E-state index is 0.191. The van der Waals surface area contributed by atoms with Crippen molar-refractivity contribution in [3.8, 4) is 23.0 Å². The molecule has 0 aliphatic carbocycles. The number of aliphatic hydroxyl groups excluding tert-OH is 6. The van der Waals surface area contributed by atoms with Crippen LogP contribution < -0.4 is 4.74 Å². The summed E-state index contributed by atoms with van der Waals surface area (Å²) < 4.78 is 26.6. The highest BCUT2D eigenvalue weighted by atomic mass is 16.7. The summed E-state index contributed by atoms with van der Waals surface area (Å²) in [6.07, 6.45) is -9.89. The normalized spacial score (nSPS) is 27.3. The van der Waals surface area contributed by atoms with Crippen molar-refractivity contribution in [2.75, 3.05) is 13.2 Å². The van der Waals surface area contributed by atoms with E-state index in [1.165, 1.54) is 24.3 Å². The third-order valence-corrected chi connectivity index (χ3v) is 7.41. The van der Waals surface area contributed by atoms with Crippen molar-refractivity contribution in [3.05, 3.63) is 71.5 Å². The zero-order chi connectivity index (χ0) is 36.7. The van der Waals surface area contributed by atoms with E-state index in [4.69, 9.17) is 23.7 Å². The fourth-order valence-corrected chi connectivity index (χ4v) is 4.79. The second-order valence-corrected chi connectivity index (χ2v) is 10.9. The first-order valence-electron chi connectivity index (χ1n) is 14.7. The predicted octanol–water partition coefficient (Wildman–Crippen LogP) is -1.75. The number of ether oxygens (including phenoxy) is 5. The van der Waals surface area contributed by atoms with E-state index in [1.807, 2.05) is 0 Å². The summed E-state index contributed by atoms with van der Waals surface area (Å²) in [6.45, 7) is -1.66. The minimum Gasteiger partial charge on any atom is -0.504 e. The number of aliphatic hydroxyl groups is 6. The summed E-state index contributed by atoms with van der Waals surface area (Å²) in [6, 6.07) is 7.35. The molecule has 270 valence electrons. The molecule has 2 heterocycles. The monoisotopic (exact) mass is 706 g/mol. The van der Waals surface area contributed by atoms with Crippen molar-refractivity contribution in [1.29, 1.82) is 0 Å². The molecule has 18 heteroatoms. The van der Waals surface area contributed by atoms with Crippen molar-refractivity contribution in [3.63, 3.8) is 0 Å². The quantitative estimate of drug-likeness (QED) is 0.0665. The highest BCUT2D eigenvalue weighted by molar-refractivity contribution is 5.89. The summed E-state index contributed by atoms with van der Waals surface area (Å²) in [5, 5.41) is 98.3. The maximum atomic E-state index is 12.8. The lowest BCUT2D eigenvalue weighted by Gasteiger charge is -2.39. The number of phenols is 3. The van der Waals surface area contributed by atoms with Crippen LogP contribution in [0.15, 0.2) is 60.4 Å². The number of aliphatic carboxylic acids is 1. The lowest BCUT2D eigenvalue weighted by molar-refractivity contribution is -0.277. The lowest BCUT2D eigenvalue weighted by Crippen LogP contribution is -2.60. The van der Waals surface area contributed by atoms with Crippen LogP contribution in [0.3, 0.4) is 0 Å². The first-order valence-corrected chi connectivity index (χ1v) is 14.7. The molecule has 2 aromatic rings. The van der Waals surface area contributed by atoms with Crippen LogP contribution in [0.1, 0.15) is 11.1 Å². The van der Waals surface area contributed by atoms with Crippen LogP contribution in [0.5, 0.6) is 23.0 Å². The Morgan fingerprint density at radius 1 is 0.820 bits per heavy atom. The summed E-state index contributed by atoms with van der Waals surface area (Å²) in [7, 11) is 0. The van der Waals surface area contributed by atoms with E-state index in [0.717, 1.165) is 42.5 Å². The highest BCUT2D eigenvalue weighted by Gasteiger charge is 2.46. The largest absolute Gasteiger partial charge is 0.504 e. The Morgan fingerprint density at radius 2 is 1.44 bits per heavy atom. The zero-order valence-corrected chi connectivity index (χ0v) is 25.7. The molecule has 1 saturated heterocycles. The Hall–Kier alpha value is -5.21. The molecule has 2 aliphatic rings. The van der Waals surface area contributed by atoms with Crippen molar-refractivity contribution < 1.29 is 89.1 Å². The maximum Gasteiger partial charge on any atom is 0.370 e. The lowest BCUT2D eigenvalue weighted by atomic mass is 9.99. The number of carboxylic acid groups (broad SMARTS) is 1. The topological polar surface area (TPSA) is 300 Å². The number of benzene rings is 2. The second-order valence-electron chi connectivity index (χ2n) is 10.9. The second kappa shape index (κ2) is 16.5. The Morgan fingerprint density at radius 3 is 2.02 bits per heavy atom. The molecule has 0 radical (unpaired) electrons. The van der Waals surface area contributed by atoms with Gasteiger partial charge in [-0.1, -0.05) is 12.1 Å². The van der Waals surface area contributed by atoms with Crippen LogP contribution in [0.4, 0.5) is 0 Å². The molecule has 10 N–H and O–H groups in total. The van der Waals surface area contributed by atoms with Gasteiger partial charge in [0.1, 0.15) is 30.5 Å². The van der Waals surface area contributed by atoms with Gasteiger partial charge in [0.05, 0.1) is 13.2 Å². The first kappa shape index (κ1) is 37.6. The van der Waals surface area contributed by atoms with Gasteiger partial charge in [0, 0.05) is 18.2 Å². The molecular formula is C32H34O18. The molecule has 0 bridgehead atoms. The number of carbonyl (C=O) groups is 3. The number of carboxylic acids is 1. The Balaban J connectivity index is 1.49. The third kappa shape index (κ3) is 9.07. The Kier molecular flexibility index (Phi) is 12.4. The molecular weight excluding hydrogens is 672 g/mol. The van der Waals surface area contributed by atoms with Crippen LogP contribution in [0, 0.1) is 0 Å². The summed E-state index contributed by atoms with van der Waals surface area (Å²) >= 11 is 0. The standard InChI is InChI=1S/C32H34O18/c33-12-19(38)29-30(50-25(40)8-4-14-1-5-16(35)17(36)9-14)21(11-22(47-29)31(44)45)46-24(39)7-3-15-2-6-20(18(37)10-15)48-32-28(43)27(42)26(41)23(13-34)49-32/h1-11,19,21,23,26-30,32-38,41-43H,12-13H2,(H,44,45)/t19-,21-,23-,26-,27+,28-,29-,30-,32-/m1/s1. The molecule has 1 fully saturated rings. The molecule has 0 unspecified atom stereocenters. The molecule has 2 aliphatic heterocycles. The number of rotatable bonds is 12. The number of hydrogen-bond donors (Lipinski definition) is 10. The van der Waals surface area contributed by atoms with Gasteiger partial charge in [0.25, 0.3) is 0 Å².